The van der Waals surface area contributed by atoms with Gasteiger partial charge in [0, 0.05) is 19.2 Å². The van der Waals surface area contributed by atoms with Gasteiger partial charge in [0.2, 0.25) is 10.0 Å². The van der Waals surface area contributed by atoms with Crippen molar-refractivity contribution in [2.45, 2.75) is 37.7 Å². The van der Waals surface area contributed by atoms with Crippen molar-refractivity contribution in [2.24, 2.45) is 0 Å². The summed E-state index contributed by atoms with van der Waals surface area (Å²) in [5.74, 6) is 0.451. The highest BCUT2D eigenvalue weighted by Crippen LogP contribution is 2.24. The summed E-state index contributed by atoms with van der Waals surface area (Å²) in [6.45, 7) is 3.79. The molecule has 1 aliphatic rings. The summed E-state index contributed by atoms with van der Waals surface area (Å²) in [5.41, 5.74) is -0.186. The van der Waals surface area contributed by atoms with Gasteiger partial charge < -0.3 is 9.15 Å². The average Bonchev–Trinajstić information content (AvgIpc) is 2.57. The van der Waals surface area contributed by atoms with Crippen LogP contribution in [-0.2, 0) is 10.0 Å². The summed E-state index contributed by atoms with van der Waals surface area (Å²) in [6, 6.07) is 6.70. The van der Waals surface area contributed by atoms with Gasteiger partial charge in [-0.3, -0.25) is 0 Å². The molecule has 0 amide bonds. The molecule has 1 fully saturated rings. The first-order valence-corrected chi connectivity index (χ1v) is 9.74. The van der Waals surface area contributed by atoms with Crippen LogP contribution in [0.2, 0.25) is 0 Å². The van der Waals surface area contributed by atoms with Crippen LogP contribution in [0.4, 0.5) is 4.39 Å². The third kappa shape index (κ3) is 3.96. The SMILES string of the molecule is Cc1cc(OC2CCN(S(=O)(=O)c3ccc(F)c(C)c3)CC2)cc(=O)o1. The van der Waals surface area contributed by atoms with Crippen molar-refractivity contribution in [1.29, 1.82) is 0 Å². The van der Waals surface area contributed by atoms with Gasteiger partial charge in [0.15, 0.2) is 0 Å². The van der Waals surface area contributed by atoms with E-state index < -0.39 is 21.5 Å². The van der Waals surface area contributed by atoms with Crippen LogP contribution >= 0.6 is 0 Å². The monoisotopic (exact) mass is 381 g/mol. The highest BCUT2D eigenvalue weighted by atomic mass is 32.2. The number of piperidine rings is 1. The summed E-state index contributed by atoms with van der Waals surface area (Å²) in [4.78, 5) is 11.5. The van der Waals surface area contributed by atoms with Crippen molar-refractivity contribution in [3.05, 3.63) is 57.9 Å². The smallest absolute Gasteiger partial charge is 0.339 e. The van der Waals surface area contributed by atoms with E-state index in [9.17, 15) is 17.6 Å². The quantitative estimate of drug-likeness (QED) is 0.814. The van der Waals surface area contributed by atoms with E-state index in [4.69, 9.17) is 9.15 Å². The molecule has 0 spiro atoms. The Morgan fingerprint density at radius 3 is 2.46 bits per heavy atom. The number of benzene rings is 1. The number of hydrogen-bond donors (Lipinski definition) is 0. The number of rotatable bonds is 4. The molecule has 8 heteroatoms. The van der Waals surface area contributed by atoms with Crippen LogP contribution < -0.4 is 10.4 Å². The molecule has 0 unspecified atom stereocenters. The lowest BCUT2D eigenvalue weighted by Crippen LogP contribution is -2.41. The molecule has 0 atom stereocenters. The van der Waals surface area contributed by atoms with Crippen LogP contribution in [0.15, 0.2) is 44.4 Å². The van der Waals surface area contributed by atoms with E-state index in [0.29, 0.717) is 43.0 Å². The summed E-state index contributed by atoms with van der Waals surface area (Å²) >= 11 is 0. The van der Waals surface area contributed by atoms with Crippen LogP contribution in [0.25, 0.3) is 0 Å². The summed E-state index contributed by atoms with van der Waals surface area (Å²) < 4.78 is 50.9. The van der Waals surface area contributed by atoms with Crippen molar-refractivity contribution in [3.8, 4) is 5.75 Å². The maximum atomic E-state index is 13.4. The molecular formula is C18H20FNO5S. The molecular weight excluding hydrogens is 361 g/mol. The number of halogens is 1. The molecule has 0 N–H and O–H groups in total. The minimum atomic E-state index is -3.66. The number of aryl methyl sites for hydroxylation is 2. The predicted molar refractivity (Wildman–Crippen MR) is 93.3 cm³/mol. The summed E-state index contributed by atoms with van der Waals surface area (Å²) in [7, 11) is -3.66. The second-order valence-corrected chi connectivity index (χ2v) is 8.29. The number of ether oxygens (including phenoxy) is 1. The normalized spacial score (nSPS) is 16.6. The van der Waals surface area contributed by atoms with Crippen molar-refractivity contribution in [1.82, 2.24) is 4.31 Å². The van der Waals surface area contributed by atoms with Gasteiger partial charge in [-0.05, 0) is 50.5 Å². The molecule has 0 aliphatic carbocycles. The topological polar surface area (TPSA) is 76.8 Å². The van der Waals surface area contributed by atoms with Gasteiger partial charge in [0.1, 0.15) is 23.4 Å². The third-order valence-electron chi connectivity index (χ3n) is 4.34. The van der Waals surface area contributed by atoms with Crippen LogP contribution in [-0.4, -0.2) is 31.9 Å². The third-order valence-corrected chi connectivity index (χ3v) is 6.23. The lowest BCUT2D eigenvalue weighted by Gasteiger charge is -2.31. The molecule has 0 saturated carbocycles. The molecule has 1 aliphatic heterocycles. The first kappa shape index (κ1) is 18.6. The fourth-order valence-electron chi connectivity index (χ4n) is 2.95. The lowest BCUT2D eigenvalue weighted by atomic mass is 10.1. The van der Waals surface area contributed by atoms with E-state index in [1.54, 1.807) is 13.0 Å². The van der Waals surface area contributed by atoms with E-state index in [0.717, 1.165) is 0 Å². The zero-order valence-corrected chi connectivity index (χ0v) is 15.4. The molecule has 6 nitrogen and oxygen atoms in total. The minimum Gasteiger partial charge on any atom is -0.490 e. The maximum absolute atomic E-state index is 13.4. The zero-order chi connectivity index (χ0) is 18.9. The largest absolute Gasteiger partial charge is 0.490 e. The van der Waals surface area contributed by atoms with Gasteiger partial charge in [-0.2, -0.15) is 4.31 Å². The first-order chi connectivity index (χ1) is 12.3. The van der Waals surface area contributed by atoms with Gasteiger partial charge in [-0.1, -0.05) is 0 Å². The van der Waals surface area contributed by atoms with Crippen LogP contribution in [0.5, 0.6) is 5.75 Å². The number of nitrogens with zero attached hydrogens (tertiary/aromatic N) is 1. The fraction of sp³-hybridized carbons (Fsp3) is 0.389. The Balaban J connectivity index is 1.67. The highest BCUT2D eigenvalue weighted by molar-refractivity contribution is 7.89. The molecule has 1 aromatic heterocycles. The lowest BCUT2D eigenvalue weighted by molar-refractivity contribution is 0.134. The molecule has 26 heavy (non-hydrogen) atoms. The molecule has 140 valence electrons. The van der Waals surface area contributed by atoms with Crippen LogP contribution in [0.1, 0.15) is 24.2 Å². The van der Waals surface area contributed by atoms with E-state index in [1.807, 2.05) is 0 Å². The van der Waals surface area contributed by atoms with Crippen LogP contribution in [0.3, 0.4) is 0 Å². The highest BCUT2D eigenvalue weighted by Gasteiger charge is 2.30. The number of sulfonamides is 1. The zero-order valence-electron chi connectivity index (χ0n) is 14.6. The van der Waals surface area contributed by atoms with E-state index in [2.05, 4.69) is 0 Å². The predicted octanol–water partition coefficient (Wildman–Crippen LogP) is 2.63. The van der Waals surface area contributed by atoms with E-state index in [-0.39, 0.29) is 11.0 Å². The van der Waals surface area contributed by atoms with Gasteiger partial charge in [0.25, 0.3) is 0 Å². The molecule has 1 saturated heterocycles. The fourth-order valence-corrected chi connectivity index (χ4v) is 4.51. The Labute approximate surface area is 151 Å². The maximum Gasteiger partial charge on any atom is 0.339 e. The molecule has 2 heterocycles. The van der Waals surface area contributed by atoms with Crippen molar-refractivity contribution in [3.63, 3.8) is 0 Å². The summed E-state index contributed by atoms with van der Waals surface area (Å²) in [6.07, 6.45) is 0.815. The second-order valence-electron chi connectivity index (χ2n) is 6.36. The van der Waals surface area contributed by atoms with Crippen molar-refractivity contribution in [2.75, 3.05) is 13.1 Å². The van der Waals surface area contributed by atoms with Gasteiger partial charge in [-0.15, -0.1) is 0 Å². The molecule has 0 bridgehead atoms. The van der Waals surface area contributed by atoms with Gasteiger partial charge in [-0.25, -0.2) is 17.6 Å². The van der Waals surface area contributed by atoms with E-state index in [1.165, 1.54) is 35.5 Å². The Kier molecular flexibility index (Phi) is 5.15. The van der Waals surface area contributed by atoms with Gasteiger partial charge in [0.05, 0.1) is 11.0 Å². The average molecular weight is 381 g/mol. The first-order valence-electron chi connectivity index (χ1n) is 8.30. The Bertz CT molecular complexity index is 962. The Morgan fingerprint density at radius 2 is 1.85 bits per heavy atom. The standard InChI is InChI=1S/C18H20FNO5S/c1-12-9-16(3-4-17(12)19)26(22,23)20-7-5-14(6-8-20)25-15-10-13(2)24-18(21)11-15/h3-4,9-11,14H,5-8H2,1-2H3. The molecule has 3 rings (SSSR count). The van der Waals surface area contributed by atoms with Crippen LogP contribution in [0, 0.1) is 19.7 Å². The second kappa shape index (κ2) is 7.20. The van der Waals surface area contributed by atoms with Crippen molar-refractivity contribution < 1.29 is 22.0 Å². The molecule has 1 aromatic carbocycles. The summed E-state index contributed by atoms with van der Waals surface area (Å²) in [5, 5.41) is 0. The van der Waals surface area contributed by atoms with E-state index >= 15 is 0 Å². The van der Waals surface area contributed by atoms with Gasteiger partial charge >= 0.3 is 5.63 Å². The minimum absolute atomic E-state index is 0.0899. The molecule has 0 radical (unpaired) electrons. The Morgan fingerprint density at radius 1 is 1.15 bits per heavy atom. The Hall–Kier alpha value is -2.19. The molecule has 2 aromatic rings. The number of hydrogen-bond acceptors (Lipinski definition) is 5. The van der Waals surface area contributed by atoms with Crippen molar-refractivity contribution >= 4 is 10.0 Å².